The van der Waals surface area contributed by atoms with Gasteiger partial charge in [0.1, 0.15) is 0 Å². The fourth-order valence-corrected chi connectivity index (χ4v) is 2.92. The van der Waals surface area contributed by atoms with Crippen LogP contribution in [0.4, 0.5) is 0 Å². The maximum Gasteiger partial charge on any atom is 0.253 e. The Bertz CT molecular complexity index is 534. The zero-order valence-corrected chi connectivity index (χ0v) is 13.0. The molecule has 0 unspecified atom stereocenters. The predicted molar refractivity (Wildman–Crippen MR) is 79.2 cm³/mol. The fraction of sp³-hybridized carbons (Fsp3) is 0.500. The molecule has 0 atom stereocenters. The lowest BCUT2D eigenvalue weighted by atomic mass is 10.2. The van der Waals surface area contributed by atoms with Crippen LogP contribution in [0, 0.1) is 0 Å². The molecule has 0 aliphatic rings. The lowest BCUT2D eigenvalue weighted by molar-refractivity contribution is 0.0773. The molecule has 0 radical (unpaired) electrons. The van der Waals surface area contributed by atoms with E-state index in [2.05, 4.69) is 4.72 Å². The maximum atomic E-state index is 12.1. The molecule has 0 fully saturated rings. The molecule has 0 aliphatic heterocycles. The van der Waals surface area contributed by atoms with Gasteiger partial charge in [0.2, 0.25) is 10.0 Å². The summed E-state index contributed by atoms with van der Waals surface area (Å²) in [5, 5.41) is 0. The zero-order chi connectivity index (χ0) is 15.2. The topological polar surface area (TPSA) is 66.5 Å². The van der Waals surface area contributed by atoms with Crippen LogP contribution in [0.15, 0.2) is 29.2 Å². The van der Waals surface area contributed by atoms with Crippen LogP contribution in [-0.2, 0) is 10.0 Å². The van der Waals surface area contributed by atoms with E-state index >= 15 is 0 Å². The summed E-state index contributed by atoms with van der Waals surface area (Å²) < 4.78 is 26.3. The number of amides is 1. The van der Waals surface area contributed by atoms with Crippen molar-refractivity contribution >= 4 is 15.9 Å². The monoisotopic (exact) mass is 298 g/mol. The Hall–Kier alpha value is -1.40. The molecule has 0 heterocycles. The smallest absolute Gasteiger partial charge is 0.253 e. The third kappa shape index (κ3) is 4.05. The van der Waals surface area contributed by atoms with Crippen LogP contribution in [0.1, 0.15) is 37.6 Å². The van der Waals surface area contributed by atoms with Crippen molar-refractivity contribution in [3.8, 4) is 0 Å². The fourth-order valence-electron chi connectivity index (χ4n) is 1.79. The standard InChI is InChI=1S/C14H22N2O3S/c1-4-11-15-20(18,19)13-9-7-12(8-10-13)14(17)16(5-2)6-3/h7-10,15H,4-6,11H2,1-3H3. The Morgan fingerprint density at radius 1 is 1.10 bits per heavy atom. The van der Waals surface area contributed by atoms with Crippen LogP contribution < -0.4 is 4.72 Å². The maximum absolute atomic E-state index is 12.1. The summed E-state index contributed by atoms with van der Waals surface area (Å²) in [5.74, 6) is -0.0829. The van der Waals surface area contributed by atoms with Gasteiger partial charge in [-0.25, -0.2) is 13.1 Å². The summed E-state index contributed by atoms with van der Waals surface area (Å²) >= 11 is 0. The average Bonchev–Trinajstić information content (AvgIpc) is 2.46. The molecule has 0 spiro atoms. The van der Waals surface area contributed by atoms with Crippen LogP contribution >= 0.6 is 0 Å². The van der Waals surface area contributed by atoms with Crippen molar-refractivity contribution in [2.75, 3.05) is 19.6 Å². The highest BCUT2D eigenvalue weighted by Gasteiger charge is 2.16. The molecule has 1 N–H and O–H groups in total. The van der Waals surface area contributed by atoms with Gasteiger partial charge in [-0.05, 0) is 44.5 Å². The van der Waals surface area contributed by atoms with Gasteiger partial charge in [-0.3, -0.25) is 4.79 Å². The first kappa shape index (κ1) is 16.7. The van der Waals surface area contributed by atoms with E-state index in [1.165, 1.54) is 12.1 Å². The molecule has 1 amide bonds. The summed E-state index contributed by atoms with van der Waals surface area (Å²) in [5.41, 5.74) is 0.503. The number of carbonyl (C=O) groups excluding carboxylic acids is 1. The van der Waals surface area contributed by atoms with Crippen LogP contribution in [0.2, 0.25) is 0 Å². The Kier molecular flexibility index (Phi) is 6.16. The van der Waals surface area contributed by atoms with Crippen molar-refractivity contribution in [1.29, 1.82) is 0 Å². The van der Waals surface area contributed by atoms with E-state index in [0.717, 1.165) is 6.42 Å². The lowest BCUT2D eigenvalue weighted by Gasteiger charge is -2.18. The molecule has 0 bridgehead atoms. The van der Waals surface area contributed by atoms with Crippen molar-refractivity contribution in [3.05, 3.63) is 29.8 Å². The number of nitrogens with zero attached hydrogens (tertiary/aromatic N) is 1. The van der Waals surface area contributed by atoms with Gasteiger partial charge in [-0.1, -0.05) is 6.92 Å². The molecule has 0 saturated heterocycles. The predicted octanol–water partition coefficient (Wildman–Crippen LogP) is 1.86. The molecule has 20 heavy (non-hydrogen) atoms. The van der Waals surface area contributed by atoms with Gasteiger partial charge in [0.25, 0.3) is 5.91 Å². The number of benzene rings is 1. The van der Waals surface area contributed by atoms with Crippen molar-refractivity contribution < 1.29 is 13.2 Å². The van der Waals surface area contributed by atoms with Crippen LogP contribution in [0.25, 0.3) is 0 Å². The van der Waals surface area contributed by atoms with E-state index in [-0.39, 0.29) is 10.8 Å². The van der Waals surface area contributed by atoms with Crippen LogP contribution in [0.5, 0.6) is 0 Å². The van der Waals surface area contributed by atoms with Crippen molar-refractivity contribution in [3.63, 3.8) is 0 Å². The highest BCUT2D eigenvalue weighted by molar-refractivity contribution is 7.89. The van der Waals surface area contributed by atoms with Gasteiger partial charge >= 0.3 is 0 Å². The third-order valence-electron chi connectivity index (χ3n) is 3.00. The molecular formula is C14H22N2O3S. The van der Waals surface area contributed by atoms with E-state index in [4.69, 9.17) is 0 Å². The van der Waals surface area contributed by atoms with Gasteiger partial charge in [0.05, 0.1) is 4.90 Å². The third-order valence-corrected chi connectivity index (χ3v) is 4.48. The largest absolute Gasteiger partial charge is 0.339 e. The Morgan fingerprint density at radius 2 is 1.65 bits per heavy atom. The summed E-state index contributed by atoms with van der Waals surface area (Å²) in [6, 6.07) is 6.05. The first-order valence-electron chi connectivity index (χ1n) is 6.85. The van der Waals surface area contributed by atoms with E-state index in [9.17, 15) is 13.2 Å². The van der Waals surface area contributed by atoms with Gasteiger partial charge < -0.3 is 4.90 Å². The second-order valence-electron chi connectivity index (χ2n) is 4.40. The minimum atomic E-state index is -3.47. The Balaban J connectivity index is 2.91. The molecule has 0 saturated carbocycles. The van der Waals surface area contributed by atoms with E-state index < -0.39 is 10.0 Å². The molecular weight excluding hydrogens is 276 g/mol. The molecule has 5 nitrogen and oxygen atoms in total. The quantitative estimate of drug-likeness (QED) is 0.835. The SMILES string of the molecule is CCCNS(=O)(=O)c1ccc(C(=O)N(CC)CC)cc1. The van der Waals surface area contributed by atoms with E-state index in [0.29, 0.717) is 25.2 Å². The number of hydrogen-bond acceptors (Lipinski definition) is 3. The molecule has 0 aliphatic carbocycles. The van der Waals surface area contributed by atoms with Crippen LogP contribution in [-0.4, -0.2) is 38.9 Å². The Labute approximate surface area is 121 Å². The average molecular weight is 298 g/mol. The highest BCUT2D eigenvalue weighted by atomic mass is 32.2. The number of hydrogen-bond donors (Lipinski definition) is 1. The normalized spacial score (nSPS) is 11.3. The number of sulfonamides is 1. The molecule has 1 aromatic carbocycles. The van der Waals surface area contributed by atoms with Crippen LogP contribution in [0.3, 0.4) is 0 Å². The van der Waals surface area contributed by atoms with Gasteiger partial charge in [0, 0.05) is 25.2 Å². The highest BCUT2D eigenvalue weighted by Crippen LogP contribution is 2.12. The minimum Gasteiger partial charge on any atom is -0.339 e. The van der Waals surface area contributed by atoms with E-state index in [1.54, 1.807) is 17.0 Å². The van der Waals surface area contributed by atoms with Crippen molar-refractivity contribution in [2.45, 2.75) is 32.1 Å². The number of nitrogens with one attached hydrogen (secondary N) is 1. The van der Waals surface area contributed by atoms with Gasteiger partial charge in [-0.2, -0.15) is 0 Å². The minimum absolute atomic E-state index is 0.0829. The number of rotatable bonds is 7. The first-order valence-corrected chi connectivity index (χ1v) is 8.33. The molecule has 0 aromatic heterocycles. The first-order chi connectivity index (χ1) is 9.46. The van der Waals surface area contributed by atoms with Gasteiger partial charge in [0.15, 0.2) is 0 Å². The summed E-state index contributed by atoms with van der Waals surface area (Å²) in [4.78, 5) is 14.0. The van der Waals surface area contributed by atoms with Crippen molar-refractivity contribution in [1.82, 2.24) is 9.62 Å². The summed E-state index contributed by atoms with van der Waals surface area (Å²) in [7, 11) is -3.47. The molecule has 112 valence electrons. The number of carbonyl (C=O) groups is 1. The zero-order valence-electron chi connectivity index (χ0n) is 12.2. The lowest BCUT2D eigenvalue weighted by Crippen LogP contribution is -2.30. The van der Waals surface area contributed by atoms with Crippen molar-refractivity contribution in [2.24, 2.45) is 0 Å². The summed E-state index contributed by atoms with van der Waals surface area (Å²) in [6.07, 6.45) is 0.734. The van der Waals surface area contributed by atoms with Gasteiger partial charge in [-0.15, -0.1) is 0 Å². The molecule has 1 aromatic rings. The summed E-state index contributed by atoms with van der Waals surface area (Å²) in [6.45, 7) is 7.39. The second-order valence-corrected chi connectivity index (χ2v) is 6.17. The van der Waals surface area contributed by atoms with E-state index in [1.807, 2.05) is 20.8 Å². The second kappa shape index (κ2) is 7.40. The molecule has 1 rings (SSSR count). The molecule has 6 heteroatoms. The Morgan fingerprint density at radius 3 is 2.10 bits per heavy atom.